The first-order valence-corrected chi connectivity index (χ1v) is 13.5. The number of fused-ring (bicyclic) bond motifs is 1. The maximum absolute atomic E-state index is 13.3. The van der Waals surface area contributed by atoms with E-state index >= 15 is 0 Å². The smallest absolute Gasteiger partial charge is 0.256 e. The second-order valence-corrected chi connectivity index (χ2v) is 10.4. The van der Waals surface area contributed by atoms with Gasteiger partial charge in [0.05, 0.1) is 17.2 Å². The summed E-state index contributed by atoms with van der Waals surface area (Å²) in [5, 5.41) is 6.02. The van der Waals surface area contributed by atoms with E-state index in [1.807, 2.05) is 56.0 Å². The Morgan fingerprint density at radius 1 is 1.05 bits per heavy atom. The summed E-state index contributed by atoms with van der Waals surface area (Å²) in [6.07, 6.45) is 2.54. The highest BCUT2D eigenvalue weighted by molar-refractivity contribution is 6.35. The second kappa shape index (κ2) is 10.9. The molecule has 1 aromatic heterocycles. The first-order valence-electron chi connectivity index (χ1n) is 13.5. The number of likely N-dealkylation sites (N-methyl/N-ethyl adjacent to an activating group) is 1. The van der Waals surface area contributed by atoms with Gasteiger partial charge in [0.15, 0.2) is 0 Å². The zero-order chi connectivity index (χ0) is 27.7. The molecule has 1 fully saturated rings. The van der Waals surface area contributed by atoms with E-state index in [1.54, 1.807) is 24.3 Å². The Hall–Kier alpha value is -4.17. The van der Waals surface area contributed by atoms with E-state index in [0.717, 1.165) is 36.3 Å². The summed E-state index contributed by atoms with van der Waals surface area (Å²) in [4.78, 5) is 46.9. The van der Waals surface area contributed by atoms with Crippen LogP contribution in [0, 0.1) is 13.8 Å². The van der Waals surface area contributed by atoms with Crippen molar-refractivity contribution in [2.75, 3.05) is 38.5 Å². The van der Waals surface area contributed by atoms with Crippen molar-refractivity contribution in [1.82, 2.24) is 20.1 Å². The van der Waals surface area contributed by atoms with E-state index in [0.29, 0.717) is 46.7 Å². The van der Waals surface area contributed by atoms with E-state index in [4.69, 9.17) is 0 Å². The van der Waals surface area contributed by atoms with Gasteiger partial charge in [-0.3, -0.25) is 14.4 Å². The highest BCUT2D eigenvalue weighted by atomic mass is 16.2. The topological polar surface area (TPSA) is 97.5 Å². The van der Waals surface area contributed by atoms with E-state index in [9.17, 15) is 14.4 Å². The Labute approximate surface area is 229 Å². The molecule has 1 atom stereocenters. The van der Waals surface area contributed by atoms with Crippen molar-refractivity contribution in [3.8, 4) is 0 Å². The quantitative estimate of drug-likeness (QED) is 0.416. The van der Waals surface area contributed by atoms with E-state index in [2.05, 4.69) is 27.6 Å². The lowest BCUT2D eigenvalue weighted by atomic mass is 10.0. The molecule has 3 N–H and O–H groups in total. The molecule has 0 spiro atoms. The number of rotatable bonds is 6. The van der Waals surface area contributed by atoms with Gasteiger partial charge in [0.2, 0.25) is 0 Å². The third kappa shape index (κ3) is 5.25. The summed E-state index contributed by atoms with van der Waals surface area (Å²) in [5.41, 5.74) is 6.28. The van der Waals surface area contributed by atoms with Gasteiger partial charge in [-0.05, 0) is 62.7 Å². The molecule has 202 valence electrons. The van der Waals surface area contributed by atoms with Crippen LogP contribution in [0.2, 0.25) is 0 Å². The molecular weight excluding hydrogens is 490 g/mol. The number of hydrogen-bond donors (Lipinski definition) is 3. The van der Waals surface area contributed by atoms with Gasteiger partial charge in [0, 0.05) is 54.4 Å². The van der Waals surface area contributed by atoms with Gasteiger partial charge in [-0.1, -0.05) is 37.3 Å². The first-order chi connectivity index (χ1) is 18.8. The van der Waals surface area contributed by atoms with Gasteiger partial charge in [-0.15, -0.1) is 0 Å². The lowest BCUT2D eigenvalue weighted by Gasteiger charge is -2.32. The maximum Gasteiger partial charge on any atom is 0.256 e. The number of carbonyl (C=O) groups is 3. The van der Waals surface area contributed by atoms with Gasteiger partial charge in [-0.25, -0.2) is 0 Å². The molecule has 0 aliphatic carbocycles. The molecule has 8 nitrogen and oxygen atoms in total. The van der Waals surface area contributed by atoms with Gasteiger partial charge in [0.25, 0.3) is 17.7 Å². The molecule has 2 aliphatic rings. The van der Waals surface area contributed by atoms with Crippen molar-refractivity contribution in [2.24, 2.45) is 0 Å². The van der Waals surface area contributed by atoms with Crippen molar-refractivity contribution in [3.05, 3.63) is 87.7 Å². The van der Waals surface area contributed by atoms with Gasteiger partial charge in [-0.2, -0.15) is 0 Å². The van der Waals surface area contributed by atoms with Gasteiger partial charge >= 0.3 is 0 Å². The number of amides is 3. The fraction of sp³-hybridized carbons (Fsp3) is 0.323. The number of hydrogen-bond acceptors (Lipinski definition) is 4. The average molecular weight is 526 g/mol. The van der Waals surface area contributed by atoms with Crippen LogP contribution in [0.5, 0.6) is 0 Å². The second-order valence-electron chi connectivity index (χ2n) is 10.4. The largest absolute Gasteiger partial charge is 0.358 e. The first kappa shape index (κ1) is 26.4. The van der Waals surface area contributed by atoms with Crippen LogP contribution in [-0.2, 0) is 4.79 Å². The number of aryl methyl sites for hydroxylation is 1. The predicted octanol–water partition coefficient (Wildman–Crippen LogP) is 4.39. The molecule has 8 heteroatoms. The zero-order valence-electron chi connectivity index (χ0n) is 22.9. The van der Waals surface area contributed by atoms with Crippen LogP contribution in [0.15, 0.2) is 48.5 Å². The average Bonchev–Trinajstić information content (AvgIpc) is 3.41. The van der Waals surface area contributed by atoms with Crippen molar-refractivity contribution < 1.29 is 14.4 Å². The number of carbonyl (C=O) groups excluding carboxylic acids is 3. The Balaban J connectivity index is 1.41. The number of nitrogens with zero attached hydrogens (tertiary/aromatic N) is 2. The molecule has 0 unspecified atom stereocenters. The number of nitrogens with one attached hydrogen (secondary N) is 3. The molecule has 5 rings (SSSR count). The highest BCUT2D eigenvalue weighted by Crippen LogP contribution is 2.35. The van der Waals surface area contributed by atoms with Crippen molar-refractivity contribution in [3.63, 3.8) is 0 Å². The zero-order valence-corrected chi connectivity index (χ0v) is 22.9. The van der Waals surface area contributed by atoms with Crippen LogP contribution in [0.4, 0.5) is 5.69 Å². The molecule has 3 heterocycles. The predicted molar refractivity (Wildman–Crippen MR) is 154 cm³/mol. The Bertz CT molecular complexity index is 1450. The molecule has 39 heavy (non-hydrogen) atoms. The summed E-state index contributed by atoms with van der Waals surface area (Å²) in [6, 6.07) is 15.0. The molecule has 3 aromatic rings. The summed E-state index contributed by atoms with van der Waals surface area (Å²) >= 11 is 0. The maximum atomic E-state index is 13.3. The van der Waals surface area contributed by atoms with E-state index < -0.39 is 0 Å². The molecule has 2 aromatic carbocycles. The number of benzene rings is 2. The normalized spacial score (nSPS) is 17.2. The third-order valence-electron chi connectivity index (χ3n) is 7.75. The number of anilines is 1. The minimum atomic E-state index is -0.239. The van der Waals surface area contributed by atoms with Gasteiger partial charge in [0.1, 0.15) is 0 Å². The summed E-state index contributed by atoms with van der Waals surface area (Å²) in [7, 11) is 2.06. The highest BCUT2D eigenvalue weighted by Gasteiger charge is 2.29. The van der Waals surface area contributed by atoms with Crippen LogP contribution < -0.4 is 10.6 Å². The minimum absolute atomic E-state index is 0.0122. The van der Waals surface area contributed by atoms with Crippen molar-refractivity contribution >= 4 is 35.1 Å². The van der Waals surface area contributed by atoms with E-state index in [1.165, 1.54) is 0 Å². The Kier molecular flexibility index (Phi) is 7.39. The number of aromatic nitrogens is 1. The van der Waals surface area contributed by atoms with Crippen LogP contribution in [-0.4, -0.2) is 65.7 Å². The molecule has 1 saturated heterocycles. The lowest BCUT2D eigenvalue weighted by Crippen LogP contribution is -2.47. The summed E-state index contributed by atoms with van der Waals surface area (Å²) < 4.78 is 0. The minimum Gasteiger partial charge on any atom is -0.358 e. The molecular formula is C31H35N5O3. The lowest BCUT2D eigenvalue weighted by molar-refractivity contribution is -0.110. The van der Waals surface area contributed by atoms with Crippen LogP contribution in [0.3, 0.4) is 0 Å². The number of H-pyrrole nitrogens is 1. The van der Waals surface area contributed by atoms with Gasteiger partial charge < -0.3 is 25.4 Å². The fourth-order valence-electron chi connectivity index (χ4n) is 5.37. The molecule has 2 aliphatic heterocycles. The van der Waals surface area contributed by atoms with Crippen molar-refractivity contribution in [1.29, 1.82) is 0 Å². The third-order valence-corrected chi connectivity index (χ3v) is 7.75. The summed E-state index contributed by atoms with van der Waals surface area (Å²) in [6.45, 7) is 8.92. The Morgan fingerprint density at radius 2 is 1.77 bits per heavy atom. The van der Waals surface area contributed by atoms with Crippen LogP contribution in [0.25, 0.3) is 11.6 Å². The van der Waals surface area contributed by atoms with Crippen LogP contribution in [0.1, 0.15) is 68.2 Å². The number of piperazine rings is 1. The molecule has 0 radical (unpaired) electrons. The van der Waals surface area contributed by atoms with E-state index in [-0.39, 0.29) is 23.8 Å². The van der Waals surface area contributed by atoms with Crippen molar-refractivity contribution in [2.45, 2.75) is 33.2 Å². The summed E-state index contributed by atoms with van der Waals surface area (Å²) in [5.74, 6) is -0.422. The Morgan fingerprint density at radius 3 is 2.46 bits per heavy atom. The monoisotopic (exact) mass is 525 g/mol. The molecule has 3 amide bonds. The van der Waals surface area contributed by atoms with Crippen LogP contribution >= 0.6 is 0 Å². The SMILES string of the molecule is CC[C@@H](NC(=O)c1ccc2c(c1)C(=Cc1[nH]c(C)c(C(=O)N3CCN(C)CC3)c1C)C(=O)N2)c1ccccc1. The number of aromatic amines is 1. The molecule has 0 saturated carbocycles. The fourth-order valence-corrected chi connectivity index (χ4v) is 5.37. The molecule has 0 bridgehead atoms. The standard InChI is InChI=1S/C31H35N5O3/c1-5-25(21-9-7-6-8-10-21)33-29(37)22-11-12-26-23(17-22)24(30(38)34-26)18-27-19(2)28(20(3)32-27)31(39)36-15-13-35(4)14-16-36/h6-12,17-18,25,32H,5,13-16H2,1-4H3,(H,33,37)(H,34,38)/t25-/m1/s1.